The first-order valence-corrected chi connectivity index (χ1v) is 10.4. The standard InChI is InChI=1S/C18H18BrN5O4S/c19-14-10-22(21-16(14)24(26)27)9-13-7-6-12(28-13)8-15-17(25)23(18(29)20-15)11-4-2-1-3-5-11/h6-8,10-11H,1-5,9H2,(H,20,29)/b15-8+. The number of aromatic nitrogens is 2. The Bertz CT molecular complexity index is 1010. The van der Waals surface area contributed by atoms with Gasteiger partial charge in [0.1, 0.15) is 28.2 Å². The van der Waals surface area contributed by atoms with Crippen LogP contribution in [0.2, 0.25) is 0 Å². The van der Waals surface area contributed by atoms with E-state index in [1.165, 1.54) is 17.3 Å². The van der Waals surface area contributed by atoms with E-state index in [1.807, 2.05) is 0 Å². The largest absolute Gasteiger partial charge is 0.460 e. The summed E-state index contributed by atoms with van der Waals surface area (Å²) < 4.78 is 7.46. The lowest BCUT2D eigenvalue weighted by Crippen LogP contribution is -2.41. The van der Waals surface area contributed by atoms with E-state index in [9.17, 15) is 14.9 Å². The van der Waals surface area contributed by atoms with Crippen molar-refractivity contribution in [2.75, 3.05) is 0 Å². The van der Waals surface area contributed by atoms with E-state index in [1.54, 1.807) is 23.1 Å². The molecule has 29 heavy (non-hydrogen) atoms. The van der Waals surface area contributed by atoms with Crippen molar-refractivity contribution in [3.63, 3.8) is 0 Å². The molecule has 0 atom stereocenters. The minimum absolute atomic E-state index is 0.133. The fourth-order valence-corrected chi connectivity index (χ4v) is 4.47. The molecule has 2 aliphatic rings. The van der Waals surface area contributed by atoms with Gasteiger partial charge in [-0.3, -0.25) is 9.69 Å². The van der Waals surface area contributed by atoms with Gasteiger partial charge in [0.25, 0.3) is 5.91 Å². The average molecular weight is 480 g/mol. The summed E-state index contributed by atoms with van der Waals surface area (Å²) in [6, 6.07) is 3.63. The lowest BCUT2D eigenvalue weighted by Gasteiger charge is -2.29. The normalized spacial score (nSPS) is 19.2. The Morgan fingerprint density at radius 3 is 2.83 bits per heavy atom. The minimum atomic E-state index is -0.559. The molecule has 4 rings (SSSR count). The van der Waals surface area contributed by atoms with E-state index in [0.29, 0.717) is 26.8 Å². The molecule has 3 heterocycles. The molecule has 0 bridgehead atoms. The number of furan rings is 1. The van der Waals surface area contributed by atoms with Crippen molar-refractivity contribution in [3.05, 3.63) is 50.1 Å². The molecular formula is C18H18BrN5O4S. The van der Waals surface area contributed by atoms with Crippen LogP contribution in [0.15, 0.2) is 32.9 Å². The zero-order chi connectivity index (χ0) is 20.5. The Kier molecular flexibility index (Phi) is 5.50. The monoisotopic (exact) mass is 479 g/mol. The molecule has 1 saturated heterocycles. The molecule has 1 aliphatic carbocycles. The van der Waals surface area contributed by atoms with Gasteiger partial charge in [-0.25, -0.2) is 0 Å². The molecule has 2 fully saturated rings. The average Bonchev–Trinajstić information content (AvgIpc) is 3.35. The summed E-state index contributed by atoms with van der Waals surface area (Å²) in [5.74, 6) is 0.659. The van der Waals surface area contributed by atoms with Gasteiger partial charge in [-0.2, -0.15) is 4.68 Å². The van der Waals surface area contributed by atoms with Crippen molar-refractivity contribution in [2.45, 2.75) is 44.7 Å². The third-order valence-corrected chi connectivity index (χ3v) is 5.87. The Morgan fingerprint density at radius 1 is 1.38 bits per heavy atom. The molecule has 1 N–H and O–H groups in total. The fourth-order valence-electron chi connectivity index (χ4n) is 3.67. The van der Waals surface area contributed by atoms with Crippen molar-refractivity contribution in [1.82, 2.24) is 20.0 Å². The number of nitrogens with zero attached hydrogens (tertiary/aromatic N) is 4. The quantitative estimate of drug-likeness (QED) is 0.302. The number of hydrogen-bond donors (Lipinski definition) is 1. The van der Waals surface area contributed by atoms with Gasteiger partial charge in [0.2, 0.25) is 0 Å². The predicted octanol–water partition coefficient (Wildman–Crippen LogP) is 3.59. The Labute approximate surface area is 180 Å². The number of thiocarbonyl (C=S) groups is 1. The topological polar surface area (TPSA) is 106 Å². The number of nitro groups is 1. The minimum Gasteiger partial charge on any atom is -0.460 e. The summed E-state index contributed by atoms with van der Waals surface area (Å²) in [4.78, 5) is 24.8. The van der Waals surface area contributed by atoms with Gasteiger partial charge in [0, 0.05) is 12.1 Å². The van der Waals surface area contributed by atoms with Crippen LogP contribution in [-0.4, -0.2) is 36.7 Å². The van der Waals surface area contributed by atoms with Crippen molar-refractivity contribution >= 4 is 51.1 Å². The van der Waals surface area contributed by atoms with Gasteiger partial charge in [0.05, 0.1) is 11.3 Å². The van der Waals surface area contributed by atoms with Gasteiger partial charge in [-0.1, -0.05) is 19.3 Å². The van der Waals surface area contributed by atoms with Crippen LogP contribution in [0.25, 0.3) is 6.08 Å². The molecular weight excluding hydrogens is 462 g/mol. The molecule has 2 aromatic rings. The van der Waals surface area contributed by atoms with Crippen LogP contribution in [-0.2, 0) is 11.3 Å². The molecule has 9 nitrogen and oxygen atoms in total. The molecule has 0 unspecified atom stereocenters. The summed E-state index contributed by atoms with van der Waals surface area (Å²) in [7, 11) is 0. The zero-order valence-corrected chi connectivity index (χ0v) is 17.7. The number of hydrogen-bond acceptors (Lipinski definition) is 6. The maximum Gasteiger partial charge on any atom is 0.404 e. The lowest BCUT2D eigenvalue weighted by molar-refractivity contribution is -0.390. The highest BCUT2D eigenvalue weighted by Crippen LogP contribution is 2.27. The van der Waals surface area contributed by atoms with Crippen molar-refractivity contribution in [1.29, 1.82) is 0 Å². The first-order valence-electron chi connectivity index (χ1n) is 9.24. The smallest absolute Gasteiger partial charge is 0.404 e. The molecule has 11 heteroatoms. The van der Waals surface area contributed by atoms with Gasteiger partial charge in [-0.05, 0) is 58.0 Å². The van der Waals surface area contributed by atoms with Crippen LogP contribution in [0, 0.1) is 10.1 Å². The molecule has 0 spiro atoms. The van der Waals surface area contributed by atoms with Gasteiger partial charge in [-0.15, -0.1) is 0 Å². The number of carbonyl (C=O) groups is 1. The van der Waals surface area contributed by atoms with Crippen LogP contribution in [0.3, 0.4) is 0 Å². The number of halogens is 1. The van der Waals surface area contributed by atoms with E-state index < -0.39 is 4.92 Å². The highest BCUT2D eigenvalue weighted by atomic mass is 79.9. The molecule has 1 saturated carbocycles. The first kappa shape index (κ1) is 19.8. The number of amides is 1. The lowest BCUT2D eigenvalue weighted by atomic mass is 9.94. The molecule has 0 radical (unpaired) electrons. The number of rotatable bonds is 5. The summed E-state index contributed by atoms with van der Waals surface area (Å²) in [5.41, 5.74) is 0.388. The molecule has 1 amide bonds. The first-order chi connectivity index (χ1) is 13.9. The number of carbonyl (C=O) groups excluding carboxylic acids is 1. The SMILES string of the molecule is O=C1/C(=C\c2ccc(Cn3cc(Br)c([N+](=O)[O-])n3)o2)NC(=S)N1C1CCCCC1. The van der Waals surface area contributed by atoms with E-state index in [0.717, 1.165) is 25.7 Å². The maximum atomic E-state index is 12.8. The molecule has 2 aromatic heterocycles. The van der Waals surface area contributed by atoms with Gasteiger partial charge < -0.3 is 19.8 Å². The second-order valence-electron chi connectivity index (χ2n) is 7.01. The molecule has 152 valence electrons. The predicted molar refractivity (Wildman–Crippen MR) is 112 cm³/mol. The Balaban J connectivity index is 1.47. The van der Waals surface area contributed by atoms with E-state index in [4.69, 9.17) is 16.6 Å². The van der Waals surface area contributed by atoms with E-state index in [2.05, 4.69) is 26.3 Å². The van der Waals surface area contributed by atoms with Crippen LogP contribution < -0.4 is 5.32 Å². The van der Waals surface area contributed by atoms with E-state index >= 15 is 0 Å². The second-order valence-corrected chi connectivity index (χ2v) is 8.26. The van der Waals surface area contributed by atoms with Crippen LogP contribution in [0.4, 0.5) is 5.82 Å². The highest BCUT2D eigenvalue weighted by Gasteiger charge is 2.36. The summed E-state index contributed by atoms with van der Waals surface area (Å²) in [6.45, 7) is 0.226. The van der Waals surface area contributed by atoms with Crippen molar-refractivity contribution < 1.29 is 14.1 Å². The molecule has 1 aliphatic heterocycles. The third kappa shape index (κ3) is 4.10. The van der Waals surface area contributed by atoms with Crippen LogP contribution >= 0.6 is 28.1 Å². The van der Waals surface area contributed by atoms with Crippen LogP contribution in [0.5, 0.6) is 0 Å². The van der Waals surface area contributed by atoms with Crippen molar-refractivity contribution in [3.8, 4) is 0 Å². The van der Waals surface area contributed by atoms with E-state index in [-0.39, 0.29) is 24.3 Å². The zero-order valence-electron chi connectivity index (χ0n) is 15.3. The fraction of sp³-hybridized carbons (Fsp3) is 0.389. The highest BCUT2D eigenvalue weighted by molar-refractivity contribution is 9.10. The Hall–Kier alpha value is -2.53. The van der Waals surface area contributed by atoms with Crippen LogP contribution in [0.1, 0.15) is 43.6 Å². The summed E-state index contributed by atoms with van der Waals surface area (Å²) in [5, 5.41) is 18.2. The third-order valence-electron chi connectivity index (χ3n) is 5.01. The van der Waals surface area contributed by atoms with Gasteiger partial charge in [0.15, 0.2) is 5.11 Å². The Morgan fingerprint density at radius 2 is 2.14 bits per heavy atom. The van der Waals surface area contributed by atoms with Gasteiger partial charge >= 0.3 is 5.82 Å². The second kappa shape index (κ2) is 8.07. The van der Waals surface area contributed by atoms with Crippen molar-refractivity contribution in [2.24, 2.45) is 0 Å². The summed E-state index contributed by atoms with van der Waals surface area (Å²) in [6.07, 6.45) is 8.50. The summed E-state index contributed by atoms with van der Waals surface area (Å²) >= 11 is 8.49. The number of nitrogens with one attached hydrogen (secondary N) is 1. The molecule has 0 aromatic carbocycles. The maximum absolute atomic E-state index is 12.8.